The predicted octanol–water partition coefficient (Wildman–Crippen LogP) is -0.193. The lowest BCUT2D eigenvalue weighted by molar-refractivity contribution is -0.140. The Hall–Kier alpha value is -1.40. The topological polar surface area (TPSA) is 70.2 Å². The van der Waals surface area contributed by atoms with Gasteiger partial charge in [-0.05, 0) is 13.3 Å². The van der Waals surface area contributed by atoms with Crippen molar-refractivity contribution in [3.63, 3.8) is 0 Å². The molecule has 0 spiro atoms. The van der Waals surface area contributed by atoms with Gasteiger partial charge in [0.05, 0.1) is 24.2 Å². The van der Waals surface area contributed by atoms with Crippen LogP contribution in [-0.2, 0) is 16.1 Å². The number of amides is 1. The highest BCUT2D eigenvalue weighted by molar-refractivity contribution is 5.78. The Morgan fingerprint density at radius 1 is 1.61 bits per heavy atom. The maximum atomic E-state index is 11.3. The molecule has 0 aliphatic carbocycles. The van der Waals surface area contributed by atoms with E-state index in [0.29, 0.717) is 0 Å². The molecule has 0 radical (unpaired) electrons. The van der Waals surface area contributed by atoms with Gasteiger partial charge in [-0.1, -0.05) is 0 Å². The van der Waals surface area contributed by atoms with Crippen molar-refractivity contribution in [1.29, 1.82) is 0 Å². The minimum atomic E-state index is -0.00551. The molecule has 0 aromatic carbocycles. The summed E-state index contributed by atoms with van der Waals surface area (Å²) in [7, 11) is 0. The molecule has 6 heteroatoms. The molecular weight excluding hydrogens is 232 g/mol. The van der Waals surface area contributed by atoms with Crippen molar-refractivity contribution in [3.05, 3.63) is 17.7 Å². The molecule has 18 heavy (non-hydrogen) atoms. The van der Waals surface area contributed by atoms with Crippen molar-refractivity contribution in [2.75, 3.05) is 19.7 Å². The zero-order valence-corrected chi connectivity index (χ0v) is 10.5. The number of hydrogen-bond acceptors (Lipinski definition) is 4. The summed E-state index contributed by atoms with van der Waals surface area (Å²) in [5, 5.41) is 3.01. The summed E-state index contributed by atoms with van der Waals surface area (Å²) < 4.78 is 5.54. The highest BCUT2D eigenvalue weighted by atomic mass is 16.5. The lowest BCUT2D eigenvalue weighted by Crippen LogP contribution is -2.60. The lowest BCUT2D eigenvalue weighted by Gasteiger charge is -2.40. The predicted molar refractivity (Wildman–Crippen MR) is 64.9 cm³/mol. The summed E-state index contributed by atoms with van der Waals surface area (Å²) in [4.78, 5) is 21.0. The van der Waals surface area contributed by atoms with E-state index in [4.69, 9.17) is 4.74 Å². The Morgan fingerprint density at radius 3 is 3.28 bits per heavy atom. The Balaban J connectivity index is 1.62. The summed E-state index contributed by atoms with van der Waals surface area (Å²) in [5.41, 5.74) is 2.19. The zero-order chi connectivity index (χ0) is 12.5. The number of likely N-dealkylation sites (tertiary alicyclic amines) is 1. The van der Waals surface area contributed by atoms with Crippen molar-refractivity contribution in [3.8, 4) is 0 Å². The molecule has 2 saturated heterocycles. The smallest absolute Gasteiger partial charge is 0.246 e. The largest absolute Gasteiger partial charge is 0.366 e. The molecule has 3 rings (SSSR count). The van der Waals surface area contributed by atoms with Crippen LogP contribution >= 0.6 is 0 Å². The number of hydrogen-bond donors (Lipinski definition) is 2. The quantitative estimate of drug-likeness (QED) is 0.763. The van der Waals surface area contributed by atoms with E-state index < -0.39 is 0 Å². The van der Waals surface area contributed by atoms with Gasteiger partial charge in [-0.2, -0.15) is 0 Å². The Kier molecular flexibility index (Phi) is 3.05. The Bertz CT molecular complexity index is 445. The number of fused-ring (bicyclic) bond motifs is 1. The van der Waals surface area contributed by atoms with Crippen molar-refractivity contribution in [2.24, 2.45) is 0 Å². The fourth-order valence-electron chi connectivity index (χ4n) is 2.67. The third-order valence-corrected chi connectivity index (χ3v) is 3.72. The molecule has 1 aromatic rings. The lowest BCUT2D eigenvalue weighted by atomic mass is 10.0. The second-order valence-corrected chi connectivity index (χ2v) is 5.02. The van der Waals surface area contributed by atoms with Crippen LogP contribution in [-0.4, -0.2) is 52.6 Å². The van der Waals surface area contributed by atoms with E-state index in [1.807, 2.05) is 6.92 Å². The first kappa shape index (κ1) is 11.7. The maximum absolute atomic E-state index is 11.3. The number of carbonyl (C=O) groups excluding carboxylic acids is 1. The fourth-order valence-corrected chi connectivity index (χ4v) is 2.67. The summed E-state index contributed by atoms with van der Waals surface area (Å²) >= 11 is 0. The first-order valence-corrected chi connectivity index (χ1v) is 6.34. The number of H-pyrrole nitrogens is 1. The first-order chi connectivity index (χ1) is 8.72. The highest BCUT2D eigenvalue weighted by Gasteiger charge is 2.34. The van der Waals surface area contributed by atoms with E-state index in [0.717, 1.165) is 37.4 Å². The van der Waals surface area contributed by atoms with Gasteiger partial charge in [0, 0.05) is 25.3 Å². The fraction of sp³-hybridized carbons (Fsp3) is 0.667. The molecule has 2 atom stereocenters. The van der Waals surface area contributed by atoms with Crippen LogP contribution < -0.4 is 5.32 Å². The van der Waals surface area contributed by atoms with Crippen LogP contribution in [0.5, 0.6) is 0 Å². The molecule has 2 N–H and O–H groups in total. The monoisotopic (exact) mass is 250 g/mol. The van der Waals surface area contributed by atoms with E-state index in [1.165, 1.54) is 0 Å². The maximum Gasteiger partial charge on any atom is 0.246 e. The van der Waals surface area contributed by atoms with Crippen molar-refractivity contribution >= 4 is 5.91 Å². The number of aryl methyl sites for hydroxylation is 1. The number of nitrogens with zero attached hydrogens (tertiary/aromatic N) is 2. The van der Waals surface area contributed by atoms with Gasteiger partial charge in [0.25, 0.3) is 0 Å². The van der Waals surface area contributed by atoms with Gasteiger partial charge in [-0.3, -0.25) is 9.69 Å². The normalized spacial score (nSPS) is 28.8. The Morgan fingerprint density at radius 2 is 2.50 bits per heavy atom. The number of rotatable bonds is 2. The highest BCUT2D eigenvalue weighted by Crippen LogP contribution is 2.19. The molecule has 1 aromatic heterocycles. The van der Waals surface area contributed by atoms with E-state index in [1.54, 1.807) is 6.33 Å². The number of aromatic amines is 1. The van der Waals surface area contributed by atoms with Gasteiger partial charge in [-0.25, -0.2) is 4.98 Å². The van der Waals surface area contributed by atoms with Gasteiger partial charge in [0.15, 0.2) is 0 Å². The SMILES string of the molecule is Cc1[nH]cnc1CN1CC[C@H]2OCC(=O)N[C@H]2C1. The molecule has 3 heterocycles. The third-order valence-electron chi connectivity index (χ3n) is 3.72. The zero-order valence-electron chi connectivity index (χ0n) is 10.5. The van der Waals surface area contributed by atoms with Crippen molar-refractivity contribution < 1.29 is 9.53 Å². The van der Waals surface area contributed by atoms with E-state index in [-0.39, 0.29) is 24.7 Å². The van der Waals surface area contributed by atoms with Crippen molar-refractivity contribution in [1.82, 2.24) is 20.2 Å². The molecule has 98 valence electrons. The number of nitrogens with one attached hydrogen (secondary N) is 2. The van der Waals surface area contributed by atoms with Crippen LogP contribution in [0.4, 0.5) is 0 Å². The van der Waals surface area contributed by atoms with Gasteiger partial charge < -0.3 is 15.0 Å². The van der Waals surface area contributed by atoms with Gasteiger partial charge in [0.2, 0.25) is 5.91 Å². The summed E-state index contributed by atoms with van der Waals surface area (Å²) in [6.45, 7) is 4.89. The number of piperidine rings is 1. The number of aromatic nitrogens is 2. The number of imidazole rings is 1. The molecule has 2 aliphatic heterocycles. The van der Waals surface area contributed by atoms with Gasteiger partial charge in [-0.15, -0.1) is 0 Å². The van der Waals surface area contributed by atoms with E-state index >= 15 is 0 Å². The average Bonchev–Trinajstić information content (AvgIpc) is 2.74. The number of morpholine rings is 1. The molecular formula is C12H18N4O2. The Labute approximate surface area is 106 Å². The second kappa shape index (κ2) is 4.70. The molecule has 2 fully saturated rings. The van der Waals surface area contributed by atoms with Crippen LogP contribution in [0.2, 0.25) is 0 Å². The summed E-state index contributed by atoms with van der Waals surface area (Å²) in [6.07, 6.45) is 2.87. The van der Waals surface area contributed by atoms with Gasteiger partial charge in [0.1, 0.15) is 6.61 Å². The van der Waals surface area contributed by atoms with Crippen LogP contribution in [0.1, 0.15) is 17.8 Å². The van der Waals surface area contributed by atoms with Gasteiger partial charge >= 0.3 is 0 Å². The molecule has 0 unspecified atom stereocenters. The van der Waals surface area contributed by atoms with Crippen LogP contribution in [0, 0.1) is 6.92 Å². The number of carbonyl (C=O) groups is 1. The minimum Gasteiger partial charge on any atom is -0.366 e. The van der Waals surface area contributed by atoms with Crippen LogP contribution in [0.15, 0.2) is 6.33 Å². The number of ether oxygens (including phenoxy) is 1. The second-order valence-electron chi connectivity index (χ2n) is 5.02. The molecule has 6 nitrogen and oxygen atoms in total. The molecule has 2 aliphatic rings. The molecule has 0 bridgehead atoms. The summed E-state index contributed by atoms with van der Waals surface area (Å²) in [6, 6.07) is 0.124. The minimum absolute atomic E-state index is 0.00551. The van der Waals surface area contributed by atoms with Crippen LogP contribution in [0.25, 0.3) is 0 Å². The first-order valence-electron chi connectivity index (χ1n) is 6.34. The molecule has 0 saturated carbocycles. The van der Waals surface area contributed by atoms with Crippen LogP contribution in [0.3, 0.4) is 0 Å². The van der Waals surface area contributed by atoms with E-state index in [2.05, 4.69) is 20.2 Å². The van der Waals surface area contributed by atoms with Crippen molar-refractivity contribution in [2.45, 2.75) is 32.0 Å². The summed E-state index contributed by atoms with van der Waals surface area (Å²) in [5.74, 6) is -0.00551. The average molecular weight is 250 g/mol. The van der Waals surface area contributed by atoms with E-state index in [9.17, 15) is 4.79 Å². The standard InChI is InChI=1S/C12H18N4O2/c1-8-9(14-7-13-8)4-16-3-2-11-10(5-16)15-12(17)6-18-11/h7,10-11H,2-6H2,1H3,(H,13,14)(H,15,17)/t10-,11+/m0/s1. The molecule has 1 amide bonds. The third kappa shape index (κ3) is 2.26.